The number of rotatable bonds is 7. The fraction of sp³-hybridized carbons (Fsp3) is 0.500. The molecular weight excluding hydrogens is 277 g/mol. The van der Waals surface area contributed by atoms with E-state index in [2.05, 4.69) is 0 Å². The van der Waals surface area contributed by atoms with Crippen LogP contribution in [0.2, 0.25) is 0 Å². The van der Waals surface area contributed by atoms with Crippen LogP contribution < -0.4 is 9.64 Å². The van der Waals surface area contributed by atoms with E-state index in [1.54, 1.807) is 4.90 Å². The third-order valence-electron chi connectivity index (χ3n) is 2.86. The van der Waals surface area contributed by atoms with Crippen molar-refractivity contribution < 1.29 is 14.1 Å². The standard InChI is InChI=1S/C14H18FN3O3/c1-10(2)9-17(6-4-5-16)12-8-14(21-3)13(18(19)20)7-11(12)15/h7-8,10H,4,6,9H2,1-3H3. The first-order valence-corrected chi connectivity index (χ1v) is 6.54. The Balaban J connectivity index is 3.24. The number of nitriles is 1. The topological polar surface area (TPSA) is 79.4 Å². The van der Waals surface area contributed by atoms with E-state index < -0.39 is 16.4 Å². The fourth-order valence-corrected chi connectivity index (χ4v) is 2.02. The molecule has 0 fully saturated rings. The molecule has 0 N–H and O–H groups in total. The maximum Gasteiger partial charge on any atom is 0.313 e. The highest BCUT2D eigenvalue weighted by atomic mass is 19.1. The molecule has 0 heterocycles. The van der Waals surface area contributed by atoms with E-state index in [9.17, 15) is 14.5 Å². The van der Waals surface area contributed by atoms with Gasteiger partial charge in [-0.2, -0.15) is 5.26 Å². The Kier molecular flexibility index (Phi) is 5.91. The van der Waals surface area contributed by atoms with Gasteiger partial charge in [0.15, 0.2) is 11.6 Å². The second-order valence-electron chi connectivity index (χ2n) is 4.98. The predicted octanol–water partition coefficient (Wildman–Crippen LogP) is 3.12. The minimum Gasteiger partial charge on any atom is -0.490 e. The highest BCUT2D eigenvalue weighted by Crippen LogP contribution is 2.34. The average Bonchev–Trinajstić information content (AvgIpc) is 2.42. The van der Waals surface area contributed by atoms with Gasteiger partial charge in [0, 0.05) is 19.2 Å². The Morgan fingerprint density at radius 3 is 2.67 bits per heavy atom. The summed E-state index contributed by atoms with van der Waals surface area (Å²) in [6.45, 7) is 4.84. The van der Waals surface area contributed by atoms with Gasteiger partial charge in [-0.3, -0.25) is 10.1 Å². The Morgan fingerprint density at radius 1 is 1.52 bits per heavy atom. The first kappa shape index (κ1) is 16.7. The minimum atomic E-state index is -0.693. The average molecular weight is 295 g/mol. The number of benzene rings is 1. The van der Waals surface area contributed by atoms with E-state index in [1.807, 2.05) is 19.9 Å². The molecule has 0 saturated carbocycles. The van der Waals surface area contributed by atoms with Crippen molar-refractivity contribution in [2.24, 2.45) is 5.92 Å². The van der Waals surface area contributed by atoms with Gasteiger partial charge in [-0.05, 0) is 5.92 Å². The summed E-state index contributed by atoms with van der Waals surface area (Å²) in [5, 5.41) is 19.6. The molecule has 1 rings (SSSR count). The predicted molar refractivity (Wildman–Crippen MR) is 76.9 cm³/mol. The lowest BCUT2D eigenvalue weighted by molar-refractivity contribution is -0.385. The molecule has 0 atom stereocenters. The van der Waals surface area contributed by atoms with Crippen molar-refractivity contribution in [3.63, 3.8) is 0 Å². The van der Waals surface area contributed by atoms with Crippen LogP contribution in [0.3, 0.4) is 0 Å². The Morgan fingerprint density at radius 2 is 2.19 bits per heavy atom. The van der Waals surface area contributed by atoms with Crippen LogP contribution in [-0.4, -0.2) is 25.1 Å². The first-order valence-electron chi connectivity index (χ1n) is 6.54. The molecule has 0 unspecified atom stereocenters. The number of anilines is 1. The number of halogens is 1. The van der Waals surface area contributed by atoms with Gasteiger partial charge in [-0.25, -0.2) is 4.39 Å². The number of hydrogen-bond acceptors (Lipinski definition) is 5. The molecule has 0 aliphatic rings. The van der Waals surface area contributed by atoms with E-state index in [0.29, 0.717) is 13.1 Å². The molecule has 0 bridgehead atoms. The zero-order valence-corrected chi connectivity index (χ0v) is 12.3. The van der Waals surface area contributed by atoms with Crippen LogP contribution in [0.4, 0.5) is 15.8 Å². The van der Waals surface area contributed by atoms with Crippen molar-refractivity contribution >= 4 is 11.4 Å². The van der Waals surface area contributed by atoms with Gasteiger partial charge in [-0.15, -0.1) is 0 Å². The lowest BCUT2D eigenvalue weighted by Crippen LogP contribution is -2.29. The molecule has 0 radical (unpaired) electrons. The maximum absolute atomic E-state index is 14.2. The summed E-state index contributed by atoms with van der Waals surface area (Å²) in [6.07, 6.45) is 0.242. The number of nitro groups is 1. The van der Waals surface area contributed by atoms with Crippen LogP contribution in [0, 0.1) is 33.2 Å². The van der Waals surface area contributed by atoms with Crippen molar-refractivity contribution in [3.05, 3.63) is 28.1 Å². The second-order valence-corrected chi connectivity index (χ2v) is 4.98. The third kappa shape index (κ3) is 4.31. The van der Waals surface area contributed by atoms with Crippen molar-refractivity contribution in [1.82, 2.24) is 0 Å². The molecule has 21 heavy (non-hydrogen) atoms. The highest BCUT2D eigenvalue weighted by Gasteiger charge is 2.22. The van der Waals surface area contributed by atoms with Gasteiger partial charge >= 0.3 is 5.69 Å². The summed E-state index contributed by atoms with van der Waals surface area (Å²) in [6, 6.07) is 4.18. The number of hydrogen-bond donors (Lipinski definition) is 0. The van der Waals surface area contributed by atoms with Gasteiger partial charge in [0.1, 0.15) is 0 Å². The molecule has 1 aromatic rings. The van der Waals surface area contributed by atoms with E-state index in [0.717, 1.165) is 6.07 Å². The minimum absolute atomic E-state index is 0.00196. The van der Waals surface area contributed by atoms with Gasteiger partial charge in [-0.1, -0.05) is 13.8 Å². The Hall–Kier alpha value is -2.36. The molecule has 7 heteroatoms. The van der Waals surface area contributed by atoms with Crippen molar-refractivity contribution in [3.8, 4) is 11.8 Å². The molecule has 0 spiro atoms. The van der Waals surface area contributed by atoms with Crippen LogP contribution in [0.15, 0.2) is 12.1 Å². The zero-order chi connectivity index (χ0) is 16.0. The van der Waals surface area contributed by atoms with E-state index >= 15 is 0 Å². The quantitative estimate of drug-likeness (QED) is 0.570. The van der Waals surface area contributed by atoms with Crippen LogP contribution in [0.1, 0.15) is 20.3 Å². The molecule has 0 aliphatic heterocycles. The van der Waals surface area contributed by atoms with Crippen molar-refractivity contribution in [2.45, 2.75) is 20.3 Å². The maximum atomic E-state index is 14.2. The molecule has 0 aromatic heterocycles. The third-order valence-corrected chi connectivity index (χ3v) is 2.86. The number of ether oxygens (including phenoxy) is 1. The van der Waals surface area contributed by atoms with Crippen LogP contribution in [0.25, 0.3) is 0 Å². The van der Waals surface area contributed by atoms with Crippen molar-refractivity contribution in [2.75, 3.05) is 25.1 Å². The number of nitro benzene ring substituents is 1. The largest absolute Gasteiger partial charge is 0.490 e. The SMILES string of the molecule is COc1cc(N(CCC#N)CC(C)C)c(F)cc1[N+](=O)[O-]. The molecule has 6 nitrogen and oxygen atoms in total. The van der Waals surface area contributed by atoms with Crippen LogP contribution >= 0.6 is 0 Å². The van der Waals surface area contributed by atoms with Gasteiger partial charge in [0.05, 0.1) is 36.3 Å². The second kappa shape index (κ2) is 7.43. The van der Waals surface area contributed by atoms with Crippen LogP contribution in [0.5, 0.6) is 5.75 Å². The lowest BCUT2D eigenvalue weighted by atomic mass is 10.1. The van der Waals surface area contributed by atoms with Gasteiger partial charge < -0.3 is 9.64 Å². The van der Waals surface area contributed by atoms with Crippen molar-refractivity contribution in [1.29, 1.82) is 5.26 Å². The Bertz CT molecular complexity index is 555. The summed E-state index contributed by atoms with van der Waals surface area (Å²) < 4.78 is 19.1. The lowest BCUT2D eigenvalue weighted by Gasteiger charge is -2.26. The van der Waals surface area contributed by atoms with Crippen LogP contribution in [-0.2, 0) is 0 Å². The number of methoxy groups -OCH3 is 1. The van der Waals surface area contributed by atoms with Gasteiger partial charge in [0.2, 0.25) is 0 Å². The summed E-state index contributed by atoms with van der Waals surface area (Å²) in [7, 11) is 1.30. The highest BCUT2D eigenvalue weighted by molar-refractivity contribution is 5.60. The number of nitrogens with zero attached hydrogens (tertiary/aromatic N) is 3. The molecule has 114 valence electrons. The zero-order valence-electron chi connectivity index (χ0n) is 12.3. The summed E-state index contributed by atoms with van der Waals surface area (Å²) in [4.78, 5) is 11.9. The summed E-state index contributed by atoms with van der Waals surface area (Å²) in [5.41, 5.74) is -0.204. The fourth-order valence-electron chi connectivity index (χ4n) is 2.02. The monoisotopic (exact) mass is 295 g/mol. The summed E-state index contributed by atoms with van der Waals surface area (Å²) >= 11 is 0. The molecule has 0 aliphatic carbocycles. The van der Waals surface area contributed by atoms with E-state index in [-0.39, 0.29) is 23.8 Å². The summed E-state index contributed by atoms with van der Waals surface area (Å²) in [5.74, 6) is -0.438. The van der Waals surface area contributed by atoms with E-state index in [4.69, 9.17) is 10.00 Å². The molecular formula is C14H18FN3O3. The Labute approximate surface area is 122 Å². The first-order chi connectivity index (χ1) is 9.90. The molecule has 0 amide bonds. The molecule has 1 aromatic carbocycles. The van der Waals surface area contributed by atoms with Gasteiger partial charge in [0.25, 0.3) is 0 Å². The normalized spacial score (nSPS) is 10.3. The molecule has 0 saturated heterocycles. The van der Waals surface area contributed by atoms with E-state index in [1.165, 1.54) is 13.2 Å². The smallest absolute Gasteiger partial charge is 0.313 e.